The van der Waals surface area contributed by atoms with Crippen molar-refractivity contribution >= 4 is 35.0 Å². The van der Waals surface area contributed by atoms with Gasteiger partial charge >= 0.3 is 0 Å². The Morgan fingerprint density at radius 3 is 2.93 bits per heavy atom. The Hall–Kier alpha value is -2.92. The number of nitrogens with zero attached hydrogens (tertiary/aromatic N) is 2. The normalized spacial score (nSPS) is 12.9. The first-order valence-corrected chi connectivity index (χ1v) is 10.3. The molecule has 2 aromatic rings. The van der Waals surface area contributed by atoms with Crippen LogP contribution in [0.2, 0.25) is 0 Å². The van der Waals surface area contributed by atoms with E-state index in [1.54, 1.807) is 6.20 Å². The van der Waals surface area contributed by atoms with Crippen molar-refractivity contribution in [3.05, 3.63) is 35.5 Å². The van der Waals surface area contributed by atoms with Gasteiger partial charge in [0.1, 0.15) is 12.9 Å². The lowest BCUT2D eigenvalue weighted by molar-refractivity contribution is -0.125. The molecule has 0 aliphatic heterocycles. The fourth-order valence-corrected chi connectivity index (χ4v) is 3.12. The zero-order valence-electron chi connectivity index (χ0n) is 17.0. The number of hydrogen-bond donors (Lipinski definition) is 1. The number of thioether (sulfide) groups is 1. The number of benzene rings is 1. The molecule has 0 spiro atoms. The fraction of sp³-hybridized carbons (Fsp3) is 0.381. The molecule has 0 aliphatic rings. The molecule has 1 heterocycles. The molecule has 1 aromatic heterocycles. The molecule has 8 heteroatoms. The maximum atomic E-state index is 12.6. The topological polar surface area (TPSA) is 82.0 Å². The number of carbonyl (C=O) groups is 1. The first-order valence-electron chi connectivity index (χ1n) is 9.02. The van der Waals surface area contributed by atoms with Gasteiger partial charge in [0, 0.05) is 29.6 Å². The Labute approximate surface area is 175 Å². The predicted octanol–water partition coefficient (Wildman–Crippen LogP) is 3.09. The van der Waals surface area contributed by atoms with Crippen LogP contribution in [0.25, 0.3) is 10.9 Å². The molecule has 0 saturated carbocycles. The summed E-state index contributed by atoms with van der Waals surface area (Å²) in [6, 6.07) is 5.51. The Morgan fingerprint density at radius 2 is 2.24 bits per heavy atom. The van der Waals surface area contributed by atoms with Gasteiger partial charge in [0.2, 0.25) is 11.8 Å². The van der Waals surface area contributed by atoms with Crippen molar-refractivity contribution in [2.45, 2.75) is 31.7 Å². The smallest absolute Gasteiger partial charge is 0.271 e. The van der Waals surface area contributed by atoms with E-state index in [1.807, 2.05) is 38.3 Å². The van der Waals surface area contributed by atoms with Gasteiger partial charge in [-0.25, -0.2) is 0 Å². The second-order valence-electron chi connectivity index (χ2n) is 6.33. The van der Waals surface area contributed by atoms with E-state index in [9.17, 15) is 4.79 Å². The molecule has 2 rings (SSSR count). The zero-order valence-corrected chi connectivity index (χ0v) is 17.8. The minimum Gasteiger partial charge on any atom is -0.481 e. The Bertz CT molecular complexity index is 911. The van der Waals surface area contributed by atoms with E-state index in [4.69, 9.17) is 15.9 Å². The predicted molar refractivity (Wildman–Crippen MR) is 116 cm³/mol. The Morgan fingerprint density at radius 1 is 1.45 bits per heavy atom. The third-order valence-electron chi connectivity index (χ3n) is 4.07. The molecule has 7 nitrogen and oxygen atoms in total. The van der Waals surface area contributed by atoms with Gasteiger partial charge in [0.25, 0.3) is 5.91 Å². The summed E-state index contributed by atoms with van der Waals surface area (Å²) in [5.74, 6) is 2.97. The summed E-state index contributed by atoms with van der Waals surface area (Å²) in [6.45, 7) is 4.26. The molecule has 0 aliphatic carbocycles. The van der Waals surface area contributed by atoms with E-state index in [2.05, 4.69) is 26.2 Å². The molecule has 29 heavy (non-hydrogen) atoms. The van der Waals surface area contributed by atoms with Gasteiger partial charge in [-0.1, -0.05) is 11.1 Å². The van der Waals surface area contributed by atoms with Crippen molar-refractivity contribution in [1.82, 2.24) is 10.3 Å². The number of ether oxygens (including phenoxy) is 2. The van der Waals surface area contributed by atoms with Crippen LogP contribution in [0.5, 0.6) is 5.75 Å². The SMILES string of the molecule is C#Cc1cnc2c(C)cc(OC(SC)C(=O)NC(C)CCO/C=N/OC)cc2c1. The number of terminal acetylenes is 1. The van der Waals surface area contributed by atoms with Crippen LogP contribution in [0.15, 0.2) is 29.6 Å². The average Bonchev–Trinajstić information content (AvgIpc) is 2.71. The van der Waals surface area contributed by atoms with E-state index in [0.29, 0.717) is 24.3 Å². The number of fused-ring (bicyclic) bond motifs is 1. The van der Waals surface area contributed by atoms with Crippen LogP contribution in [0.4, 0.5) is 0 Å². The molecule has 0 saturated heterocycles. The van der Waals surface area contributed by atoms with Crippen molar-refractivity contribution in [2.75, 3.05) is 20.0 Å². The lowest BCUT2D eigenvalue weighted by Crippen LogP contribution is -2.41. The third-order valence-corrected chi connectivity index (χ3v) is 4.80. The van der Waals surface area contributed by atoms with Gasteiger partial charge in [0.05, 0.1) is 12.1 Å². The van der Waals surface area contributed by atoms with Gasteiger partial charge in [-0.05, 0) is 43.9 Å². The van der Waals surface area contributed by atoms with Gasteiger partial charge in [-0.2, -0.15) is 0 Å². The van der Waals surface area contributed by atoms with Crippen molar-refractivity contribution in [3.63, 3.8) is 0 Å². The molecule has 0 radical (unpaired) electrons. The number of oxime groups is 1. The van der Waals surface area contributed by atoms with Crippen molar-refractivity contribution in [3.8, 4) is 18.1 Å². The van der Waals surface area contributed by atoms with Crippen LogP contribution in [-0.2, 0) is 14.4 Å². The monoisotopic (exact) mass is 415 g/mol. The highest BCUT2D eigenvalue weighted by Gasteiger charge is 2.21. The van der Waals surface area contributed by atoms with Gasteiger partial charge in [-0.3, -0.25) is 9.78 Å². The first-order chi connectivity index (χ1) is 14.0. The fourth-order valence-electron chi connectivity index (χ4n) is 2.63. The van der Waals surface area contributed by atoms with E-state index < -0.39 is 5.44 Å². The van der Waals surface area contributed by atoms with Crippen molar-refractivity contribution < 1.29 is 19.1 Å². The highest BCUT2D eigenvalue weighted by atomic mass is 32.2. The molecule has 154 valence electrons. The molecule has 0 bridgehead atoms. The van der Waals surface area contributed by atoms with Gasteiger partial charge in [-0.15, -0.1) is 18.2 Å². The molecular formula is C21H25N3O4S. The van der Waals surface area contributed by atoms with Crippen LogP contribution >= 0.6 is 11.8 Å². The lowest BCUT2D eigenvalue weighted by atomic mass is 10.1. The van der Waals surface area contributed by atoms with E-state index in [1.165, 1.54) is 25.3 Å². The number of rotatable bonds is 10. The number of pyridine rings is 1. The highest BCUT2D eigenvalue weighted by Crippen LogP contribution is 2.26. The third kappa shape index (κ3) is 6.57. The summed E-state index contributed by atoms with van der Waals surface area (Å²) in [4.78, 5) is 21.5. The maximum absolute atomic E-state index is 12.6. The molecular weight excluding hydrogens is 390 g/mol. The molecule has 2 unspecified atom stereocenters. The minimum absolute atomic E-state index is 0.0857. The maximum Gasteiger partial charge on any atom is 0.271 e. The van der Waals surface area contributed by atoms with E-state index in [0.717, 1.165) is 16.5 Å². The Kier molecular flexibility index (Phi) is 8.62. The van der Waals surface area contributed by atoms with Gasteiger partial charge < -0.3 is 19.6 Å². The number of aromatic nitrogens is 1. The highest BCUT2D eigenvalue weighted by molar-refractivity contribution is 7.99. The number of nitrogens with one attached hydrogen (secondary N) is 1. The largest absolute Gasteiger partial charge is 0.481 e. The summed E-state index contributed by atoms with van der Waals surface area (Å²) in [6.07, 6.45) is 10.8. The quantitative estimate of drug-likeness (QED) is 0.160. The molecule has 1 amide bonds. The first kappa shape index (κ1) is 22.4. The van der Waals surface area contributed by atoms with Crippen molar-refractivity contribution in [2.24, 2.45) is 5.16 Å². The minimum atomic E-state index is -0.686. The summed E-state index contributed by atoms with van der Waals surface area (Å²) in [7, 11) is 1.44. The molecule has 2 atom stereocenters. The second kappa shape index (κ2) is 11.2. The molecule has 0 fully saturated rings. The van der Waals surface area contributed by atoms with E-state index in [-0.39, 0.29) is 11.9 Å². The van der Waals surface area contributed by atoms with Crippen LogP contribution in [-0.4, -0.2) is 48.7 Å². The standard InChI is InChI=1S/C21H25N3O4S/c1-6-16-10-17-11-18(9-14(2)19(17)22-12-16)28-21(29-5)20(25)24-15(3)7-8-27-13-23-26-4/h1,9-13,15,21H,7-8H2,2-5H3,(H,24,25)/b23-13+. The number of amides is 1. The van der Waals surface area contributed by atoms with Gasteiger partial charge in [0.15, 0.2) is 0 Å². The number of hydrogen-bond acceptors (Lipinski definition) is 7. The van der Waals surface area contributed by atoms with Crippen LogP contribution in [0, 0.1) is 19.3 Å². The second-order valence-corrected chi connectivity index (χ2v) is 7.23. The summed E-state index contributed by atoms with van der Waals surface area (Å²) < 4.78 is 11.1. The lowest BCUT2D eigenvalue weighted by Gasteiger charge is -2.20. The summed E-state index contributed by atoms with van der Waals surface area (Å²) in [5, 5.41) is 7.29. The van der Waals surface area contributed by atoms with Crippen LogP contribution in [0.3, 0.4) is 0 Å². The average molecular weight is 416 g/mol. The zero-order chi connectivity index (χ0) is 21.2. The molecule has 1 N–H and O–H groups in total. The number of carbonyl (C=O) groups excluding carboxylic acids is 1. The van der Waals surface area contributed by atoms with E-state index >= 15 is 0 Å². The molecule has 1 aromatic carbocycles. The van der Waals surface area contributed by atoms with Crippen LogP contribution < -0.4 is 10.1 Å². The summed E-state index contributed by atoms with van der Waals surface area (Å²) >= 11 is 1.32. The number of aryl methyl sites for hydroxylation is 1. The van der Waals surface area contributed by atoms with Crippen molar-refractivity contribution in [1.29, 1.82) is 0 Å². The van der Waals surface area contributed by atoms with Crippen LogP contribution in [0.1, 0.15) is 24.5 Å². The Balaban J connectivity index is 2.02. The summed E-state index contributed by atoms with van der Waals surface area (Å²) in [5.41, 5.74) is 1.81.